The van der Waals surface area contributed by atoms with E-state index in [-0.39, 0.29) is 42.4 Å². The zero-order valence-corrected chi connectivity index (χ0v) is 19.0. The van der Waals surface area contributed by atoms with E-state index in [1.54, 1.807) is 0 Å². The monoisotopic (exact) mass is 445 g/mol. The lowest BCUT2D eigenvalue weighted by molar-refractivity contribution is -0.149. The summed E-state index contributed by atoms with van der Waals surface area (Å²) in [5, 5.41) is 11.6. The van der Waals surface area contributed by atoms with Crippen molar-refractivity contribution >= 4 is 29.1 Å². The highest BCUT2D eigenvalue weighted by molar-refractivity contribution is 6.30. The van der Waals surface area contributed by atoms with E-state index in [0.717, 1.165) is 11.1 Å². The van der Waals surface area contributed by atoms with E-state index in [0.29, 0.717) is 22.9 Å². The van der Waals surface area contributed by atoms with E-state index in [2.05, 4.69) is 12.6 Å². The lowest BCUT2D eigenvalue weighted by Gasteiger charge is -2.49. The molecule has 3 rings (SSSR count). The average Bonchev–Trinajstić information content (AvgIpc) is 2.71. The van der Waals surface area contributed by atoms with Gasteiger partial charge in [-0.3, -0.25) is 4.79 Å². The van der Waals surface area contributed by atoms with Gasteiger partial charge in [0.2, 0.25) is 5.91 Å². The molecule has 1 aliphatic rings. The number of carbonyl (C=O) groups excluding carboxylic acids is 1. The van der Waals surface area contributed by atoms with Crippen LogP contribution < -0.4 is 0 Å². The maximum Gasteiger partial charge on any atom is 0.226 e. The fourth-order valence-electron chi connectivity index (χ4n) is 4.57. The Bertz CT molecular complexity index is 881. The number of benzene rings is 2. The summed E-state index contributed by atoms with van der Waals surface area (Å²) in [6, 6.07) is 15.0. The molecule has 160 valence electrons. The number of nitrogens with zero attached hydrogens (tertiary/aromatic N) is 1. The Hall–Kier alpha value is -1.81. The molecule has 2 aromatic rings. The summed E-state index contributed by atoms with van der Waals surface area (Å²) in [6.45, 7) is 7.85. The normalized spacial score (nSPS) is 22.9. The predicted octanol–water partition coefficient (Wildman–Crippen LogP) is 6.26. The number of hydrogen-bond donors (Lipinski definition) is 1. The molecule has 2 aromatic carbocycles. The van der Waals surface area contributed by atoms with E-state index < -0.39 is 0 Å². The summed E-state index contributed by atoms with van der Waals surface area (Å²) in [5.41, 5.74) is 2.10. The zero-order chi connectivity index (χ0) is 21.8. The van der Waals surface area contributed by atoms with Crippen molar-refractivity contribution in [1.82, 2.24) is 4.90 Å². The molecule has 3 unspecified atom stereocenters. The number of amides is 1. The van der Waals surface area contributed by atoms with Crippen molar-refractivity contribution in [3.63, 3.8) is 0 Å². The first kappa shape index (κ1) is 22.9. The largest absolute Gasteiger partial charge is 0.394 e. The van der Waals surface area contributed by atoms with Crippen LogP contribution >= 0.6 is 23.2 Å². The average molecular weight is 446 g/mol. The van der Waals surface area contributed by atoms with Gasteiger partial charge in [0.1, 0.15) is 0 Å². The molecular weight excluding hydrogens is 417 g/mol. The molecule has 1 fully saturated rings. The Morgan fingerprint density at radius 1 is 1.13 bits per heavy atom. The fraction of sp³-hybridized carbons (Fsp3) is 0.400. The molecule has 1 saturated heterocycles. The third kappa shape index (κ3) is 4.74. The van der Waals surface area contributed by atoms with E-state index in [9.17, 15) is 9.90 Å². The first-order valence-electron chi connectivity index (χ1n) is 10.4. The van der Waals surface area contributed by atoms with Crippen LogP contribution in [0.1, 0.15) is 49.8 Å². The molecule has 1 heterocycles. The number of piperidine rings is 1. The van der Waals surface area contributed by atoms with Crippen LogP contribution in [0.25, 0.3) is 0 Å². The number of likely N-dealkylation sites (tertiary alicyclic amines) is 1. The molecule has 30 heavy (non-hydrogen) atoms. The number of halogens is 2. The molecule has 0 radical (unpaired) electrons. The summed E-state index contributed by atoms with van der Waals surface area (Å²) >= 11 is 12.5. The van der Waals surface area contributed by atoms with Gasteiger partial charge in [-0.25, -0.2) is 0 Å². The predicted molar refractivity (Wildman–Crippen MR) is 124 cm³/mol. The molecule has 5 heteroatoms. The minimum atomic E-state index is -0.285. The second-order valence-electron chi connectivity index (χ2n) is 8.35. The molecule has 0 bridgehead atoms. The Morgan fingerprint density at radius 3 is 2.40 bits per heavy atom. The summed E-state index contributed by atoms with van der Waals surface area (Å²) < 4.78 is 0. The van der Waals surface area contributed by atoms with Gasteiger partial charge in [0.05, 0.1) is 18.7 Å². The maximum atomic E-state index is 13.6. The van der Waals surface area contributed by atoms with Gasteiger partial charge in [-0.1, -0.05) is 67.4 Å². The smallest absolute Gasteiger partial charge is 0.226 e. The van der Waals surface area contributed by atoms with Gasteiger partial charge in [-0.05, 0) is 54.2 Å². The SMILES string of the molecule is C=CCC1CC(c2cccc(Cl)c2)C(c2ccc(Cl)cc2)N([C@H](CO)C(C)C)C1=O. The molecule has 0 spiro atoms. The van der Waals surface area contributed by atoms with Gasteiger partial charge >= 0.3 is 0 Å². The number of carbonyl (C=O) groups is 1. The van der Waals surface area contributed by atoms with Gasteiger partial charge in [0, 0.05) is 21.9 Å². The second-order valence-corrected chi connectivity index (χ2v) is 9.23. The number of rotatable bonds is 7. The highest BCUT2D eigenvalue weighted by Gasteiger charge is 2.45. The molecule has 0 aromatic heterocycles. The number of hydrogen-bond acceptors (Lipinski definition) is 2. The minimum Gasteiger partial charge on any atom is -0.394 e. The van der Waals surface area contributed by atoms with E-state index in [1.807, 2.05) is 67.3 Å². The molecule has 1 amide bonds. The summed E-state index contributed by atoms with van der Waals surface area (Å²) in [7, 11) is 0. The van der Waals surface area contributed by atoms with Gasteiger partial charge in [0.15, 0.2) is 0 Å². The Kier molecular flexibility index (Phi) is 7.62. The fourth-order valence-corrected chi connectivity index (χ4v) is 4.90. The minimum absolute atomic E-state index is 0.0420. The third-order valence-electron chi connectivity index (χ3n) is 6.08. The zero-order valence-electron chi connectivity index (χ0n) is 17.5. The Morgan fingerprint density at radius 2 is 1.83 bits per heavy atom. The van der Waals surface area contributed by atoms with Crippen LogP contribution in [0.3, 0.4) is 0 Å². The lowest BCUT2D eigenvalue weighted by atomic mass is 9.74. The van der Waals surface area contributed by atoms with Crippen LogP contribution in [0.4, 0.5) is 0 Å². The van der Waals surface area contributed by atoms with Gasteiger partial charge in [-0.15, -0.1) is 6.58 Å². The molecule has 0 aliphatic carbocycles. The summed E-state index contributed by atoms with van der Waals surface area (Å²) in [5.74, 6) is 0.0419. The van der Waals surface area contributed by atoms with E-state index in [1.165, 1.54) is 0 Å². The Balaban J connectivity index is 2.18. The molecule has 1 aliphatic heterocycles. The van der Waals surface area contributed by atoms with Gasteiger partial charge < -0.3 is 10.0 Å². The first-order valence-corrected chi connectivity index (χ1v) is 11.2. The van der Waals surface area contributed by atoms with Crippen molar-refractivity contribution in [2.75, 3.05) is 6.61 Å². The highest BCUT2D eigenvalue weighted by Crippen LogP contribution is 2.47. The first-order chi connectivity index (χ1) is 14.4. The molecule has 3 nitrogen and oxygen atoms in total. The Labute approximate surface area is 189 Å². The highest BCUT2D eigenvalue weighted by atomic mass is 35.5. The lowest BCUT2D eigenvalue weighted by Crippen LogP contribution is -2.54. The summed E-state index contributed by atoms with van der Waals surface area (Å²) in [6.07, 6.45) is 3.11. The van der Waals surface area contributed by atoms with Crippen molar-refractivity contribution in [3.05, 3.63) is 82.4 Å². The topological polar surface area (TPSA) is 40.5 Å². The quantitative estimate of drug-likeness (QED) is 0.510. The van der Waals surface area contributed by atoms with E-state index in [4.69, 9.17) is 23.2 Å². The third-order valence-corrected chi connectivity index (χ3v) is 6.56. The van der Waals surface area contributed by atoms with Crippen LogP contribution in [0.5, 0.6) is 0 Å². The van der Waals surface area contributed by atoms with Crippen LogP contribution in [-0.4, -0.2) is 28.6 Å². The summed E-state index contributed by atoms with van der Waals surface area (Å²) in [4.78, 5) is 15.5. The molecule has 4 atom stereocenters. The van der Waals surface area contributed by atoms with Crippen LogP contribution in [0.15, 0.2) is 61.2 Å². The van der Waals surface area contributed by atoms with Crippen molar-refractivity contribution in [1.29, 1.82) is 0 Å². The van der Waals surface area contributed by atoms with Crippen molar-refractivity contribution < 1.29 is 9.90 Å². The number of aliphatic hydroxyl groups excluding tert-OH is 1. The van der Waals surface area contributed by atoms with Crippen molar-refractivity contribution in [2.45, 2.75) is 44.7 Å². The van der Waals surface area contributed by atoms with Crippen LogP contribution in [0.2, 0.25) is 10.0 Å². The van der Waals surface area contributed by atoms with Crippen molar-refractivity contribution in [3.8, 4) is 0 Å². The van der Waals surface area contributed by atoms with Gasteiger partial charge in [-0.2, -0.15) is 0 Å². The number of aliphatic hydroxyl groups is 1. The second kappa shape index (κ2) is 10.00. The van der Waals surface area contributed by atoms with Crippen LogP contribution in [-0.2, 0) is 4.79 Å². The number of allylic oxidation sites excluding steroid dienone is 1. The van der Waals surface area contributed by atoms with Crippen LogP contribution in [0, 0.1) is 11.8 Å². The maximum absolute atomic E-state index is 13.6. The van der Waals surface area contributed by atoms with Crippen molar-refractivity contribution in [2.24, 2.45) is 11.8 Å². The molecular formula is C25H29Cl2NO2. The standard InChI is InChI=1S/C25H29Cl2NO2/c1-4-6-19-14-22(18-7-5-8-21(27)13-18)24(17-9-11-20(26)12-10-17)28(25(19)30)23(15-29)16(2)3/h4-5,7-13,16,19,22-24,29H,1,6,14-15H2,2-3H3/t19?,22?,23-,24?/m1/s1. The molecule has 0 saturated carbocycles. The van der Waals surface area contributed by atoms with E-state index >= 15 is 0 Å². The molecule has 1 N–H and O–H groups in total. The van der Waals surface area contributed by atoms with Gasteiger partial charge in [0.25, 0.3) is 0 Å².